The number of hydrogen-bond donors (Lipinski definition) is 1. The third-order valence-electron chi connectivity index (χ3n) is 4.62. The average Bonchev–Trinajstić information content (AvgIpc) is 3.21. The Morgan fingerprint density at radius 1 is 1.17 bits per heavy atom. The Kier molecular flexibility index (Phi) is 4.73. The number of sulfonamides is 1. The average molecular weight is 336 g/mol. The van der Waals surface area contributed by atoms with E-state index in [0.29, 0.717) is 24.2 Å². The lowest BCUT2D eigenvalue weighted by atomic mass is 10.1. The van der Waals surface area contributed by atoms with Gasteiger partial charge in [-0.25, -0.2) is 13.1 Å². The van der Waals surface area contributed by atoms with Gasteiger partial charge < -0.3 is 4.90 Å². The number of hydrogen-bond acceptors (Lipinski definition) is 3. The SMILES string of the molecule is CCNS(=O)(=O)c1cccc(C(=O)N(C2CCCC2)C2CC2)c1. The fraction of sp³-hybridized carbons (Fsp3) is 0.588. The van der Waals surface area contributed by atoms with Gasteiger partial charge in [0.25, 0.3) is 5.91 Å². The first-order chi connectivity index (χ1) is 11.0. The molecule has 0 bridgehead atoms. The number of benzene rings is 1. The van der Waals surface area contributed by atoms with E-state index in [2.05, 4.69) is 4.72 Å². The molecule has 2 saturated carbocycles. The van der Waals surface area contributed by atoms with Gasteiger partial charge in [-0.3, -0.25) is 4.79 Å². The number of amides is 1. The highest BCUT2D eigenvalue weighted by molar-refractivity contribution is 7.89. The number of rotatable bonds is 6. The van der Waals surface area contributed by atoms with Crippen molar-refractivity contribution in [2.45, 2.75) is 62.4 Å². The summed E-state index contributed by atoms with van der Waals surface area (Å²) in [6.07, 6.45) is 6.62. The van der Waals surface area contributed by atoms with Crippen LogP contribution in [-0.2, 0) is 10.0 Å². The van der Waals surface area contributed by atoms with Gasteiger partial charge in [-0.1, -0.05) is 25.8 Å². The summed E-state index contributed by atoms with van der Waals surface area (Å²) in [6.45, 7) is 2.07. The smallest absolute Gasteiger partial charge is 0.254 e. The zero-order valence-corrected chi connectivity index (χ0v) is 14.3. The summed E-state index contributed by atoms with van der Waals surface area (Å²) in [7, 11) is -3.54. The molecule has 0 radical (unpaired) electrons. The third kappa shape index (κ3) is 3.58. The standard InChI is InChI=1S/C17H24N2O3S/c1-2-18-23(21,22)16-9-5-6-13(12-16)17(20)19(15-10-11-15)14-7-3-4-8-14/h5-6,9,12,14-15,18H,2-4,7-8,10-11H2,1H3. The molecular weight excluding hydrogens is 312 g/mol. The molecule has 6 heteroatoms. The monoisotopic (exact) mass is 336 g/mol. The van der Waals surface area contributed by atoms with Crippen molar-refractivity contribution < 1.29 is 13.2 Å². The largest absolute Gasteiger partial charge is 0.333 e. The van der Waals surface area contributed by atoms with Crippen molar-refractivity contribution in [2.24, 2.45) is 0 Å². The summed E-state index contributed by atoms with van der Waals surface area (Å²) in [6, 6.07) is 7.08. The van der Waals surface area contributed by atoms with E-state index in [1.807, 2.05) is 4.90 Å². The van der Waals surface area contributed by atoms with Crippen LogP contribution in [0.5, 0.6) is 0 Å². The maximum absolute atomic E-state index is 13.0. The van der Waals surface area contributed by atoms with Crippen LogP contribution in [-0.4, -0.2) is 37.9 Å². The zero-order chi connectivity index (χ0) is 16.4. The quantitative estimate of drug-likeness (QED) is 0.868. The van der Waals surface area contributed by atoms with E-state index in [4.69, 9.17) is 0 Å². The first-order valence-corrected chi connectivity index (χ1v) is 9.93. The molecule has 0 aromatic heterocycles. The Balaban J connectivity index is 1.86. The number of nitrogens with one attached hydrogen (secondary N) is 1. The fourth-order valence-electron chi connectivity index (χ4n) is 3.38. The van der Waals surface area contributed by atoms with E-state index in [9.17, 15) is 13.2 Å². The first kappa shape index (κ1) is 16.5. The van der Waals surface area contributed by atoms with Gasteiger partial charge in [0.05, 0.1) is 4.90 Å². The Morgan fingerprint density at radius 3 is 2.43 bits per heavy atom. The van der Waals surface area contributed by atoms with Crippen molar-refractivity contribution in [1.29, 1.82) is 0 Å². The molecule has 0 saturated heterocycles. The van der Waals surface area contributed by atoms with Crippen LogP contribution in [0.25, 0.3) is 0 Å². The lowest BCUT2D eigenvalue weighted by molar-refractivity contribution is 0.0664. The van der Waals surface area contributed by atoms with Crippen LogP contribution in [0.15, 0.2) is 29.2 Å². The van der Waals surface area contributed by atoms with E-state index in [-0.39, 0.29) is 10.8 Å². The van der Waals surface area contributed by atoms with Crippen LogP contribution >= 0.6 is 0 Å². The molecule has 1 N–H and O–H groups in total. The molecule has 0 heterocycles. The van der Waals surface area contributed by atoms with Crippen LogP contribution in [0, 0.1) is 0 Å². The van der Waals surface area contributed by atoms with Gasteiger partial charge in [-0.15, -0.1) is 0 Å². The predicted molar refractivity (Wildman–Crippen MR) is 88.8 cm³/mol. The van der Waals surface area contributed by atoms with Gasteiger partial charge in [-0.2, -0.15) is 0 Å². The molecule has 3 rings (SSSR count). The summed E-state index contributed by atoms with van der Waals surface area (Å²) in [5.41, 5.74) is 0.475. The molecule has 0 atom stereocenters. The lowest BCUT2D eigenvalue weighted by Gasteiger charge is -2.29. The van der Waals surface area contributed by atoms with Crippen LogP contribution in [0.3, 0.4) is 0 Å². The van der Waals surface area contributed by atoms with Gasteiger partial charge in [0.15, 0.2) is 0 Å². The molecule has 23 heavy (non-hydrogen) atoms. The molecule has 2 aliphatic rings. The minimum Gasteiger partial charge on any atom is -0.333 e. The Bertz CT molecular complexity index is 677. The molecule has 0 spiro atoms. The zero-order valence-electron chi connectivity index (χ0n) is 13.5. The molecular formula is C17H24N2O3S. The molecule has 1 amide bonds. The minimum absolute atomic E-state index is 0.0204. The molecule has 5 nitrogen and oxygen atoms in total. The maximum atomic E-state index is 13.0. The van der Waals surface area contributed by atoms with E-state index in [1.54, 1.807) is 19.1 Å². The van der Waals surface area contributed by atoms with Gasteiger partial charge in [0.2, 0.25) is 10.0 Å². The molecule has 126 valence electrons. The van der Waals surface area contributed by atoms with Crippen molar-refractivity contribution in [3.05, 3.63) is 29.8 Å². The molecule has 1 aromatic rings. The van der Waals surface area contributed by atoms with Crippen molar-refractivity contribution in [3.8, 4) is 0 Å². The second kappa shape index (κ2) is 6.61. The van der Waals surface area contributed by atoms with E-state index >= 15 is 0 Å². The lowest BCUT2D eigenvalue weighted by Crippen LogP contribution is -2.40. The normalized spacial score (nSPS) is 19.0. The number of nitrogens with zero attached hydrogens (tertiary/aromatic N) is 1. The van der Waals surface area contributed by atoms with Crippen molar-refractivity contribution >= 4 is 15.9 Å². The van der Waals surface area contributed by atoms with Crippen LogP contribution in [0.1, 0.15) is 55.8 Å². The van der Waals surface area contributed by atoms with Crippen molar-refractivity contribution in [1.82, 2.24) is 9.62 Å². The Labute approximate surface area is 138 Å². The fourth-order valence-corrected chi connectivity index (χ4v) is 4.47. The second-order valence-electron chi connectivity index (χ2n) is 6.41. The number of carbonyl (C=O) groups is 1. The maximum Gasteiger partial charge on any atom is 0.254 e. The molecule has 2 fully saturated rings. The second-order valence-corrected chi connectivity index (χ2v) is 8.18. The Morgan fingerprint density at radius 2 is 1.83 bits per heavy atom. The van der Waals surface area contributed by atoms with Gasteiger partial charge in [0.1, 0.15) is 0 Å². The van der Waals surface area contributed by atoms with Gasteiger partial charge >= 0.3 is 0 Å². The summed E-state index contributed by atoms with van der Waals surface area (Å²) in [5.74, 6) is -0.0204. The highest BCUT2D eigenvalue weighted by Gasteiger charge is 2.38. The third-order valence-corrected chi connectivity index (χ3v) is 6.16. The van der Waals surface area contributed by atoms with Gasteiger partial charge in [-0.05, 0) is 43.9 Å². The van der Waals surface area contributed by atoms with Gasteiger partial charge in [0, 0.05) is 24.2 Å². The summed E-state index contributed by atoms with van der Waals surface area (Å²) < 4.78 is 26.8. The summed E-state index contributed by atoms with van der Waals surface area (Å²) >= 11 is 0. The molecule has 2 aliphatic carbocycles. The Hall–Kier alpha value is -1.40. The van der Waals surface area contributed by atoms with Crippen LogP contribution in [0.4, 0.5) is 0 Å². The topological polar surface area (TPSA) is 66.5 Å². The van der Waals surface area contributed by atoms with Crippen LogP contribution < -0.4 is 4.72 Å². The van der Waals surface area contributed by atoms with Crippen molar-refractivity contribution in [2.75, 3.05) is 6.54 Å². The summed E-state index contributed by atoms with van der Waals surface area (Å²) in [5, 5.41) is 0. The van der Waals surface area contributed by atoms with E-state index < -0.39 is 10.0 Å². The summed E-state index contributed by atoms with van der Waals surface area (Å²) in [4.78, 5) is 15.1. The molecule has 1 aromatic carbocycles. The number of carbonyl (C=O) groups excluding carboxylic acids is 1. The highest BCUT2D eigenvalue weighted by atomic mass is 32.2. The highest BCUT2D eigenvalue weighted by Crippen LogP contribution is 2.35. The molecule has 0 unspecified atom stereocenters. The van der Waals surface area contributed by atoms with Crippen molar-refractivity contribution in [3.63, 3.8) is 0 Å². The molecule has 0 aliphatic heterocycles. The minimum atomic E-state index is -3.54. The van der Waals surface area contributed by atoms with E-state index in [0.717, 1.165) is 25.7 Å². The predicted octanol–water partition coefficient (Wildman–Crippen LogP) is 2.53. The van der Waals surface area contributed by atoms with Crippen LogP contribution in [0.2, 0.25) is 0 Å². The van der Waals surface area contributed by atoms with E-state index in [1.165, 1.54) is 25.0 Å². The first-order valence-electron chi connectivity index (χ1n) is 8.45.